The first kappa shape index (κ1) is 36.1. The van der Waals surface area contributed by atoms with Crippen LogP contribution in [0.2, 0.25) is 0 Å². The van der Waals surface area contributed by atoms with Crippen LogP contribution in [0.15, 0.2) is 61.3 Å². The molecule has 2 aliphatic rings. The summed E-state index contributed by atoms with van der Waals surface area (Å²) in [5, 5.41) is 8.56. The molecule has 1 aliphatic heterocycles. The number of nitrogens with one attached hydrogen (secondary N) is 2. The van der Waals surface area contributed by atoms with Gasteiger partial charge in [-0.05, 0) is 47.2 Å². The summed E-state index contributed by atoms with van der Waals surface area (Å²) in [6, 6.07) is 6.02. The molecule has 7 rings (SSSR count). The van der Waals surface area contributed by atoms with Crippen LogP contribution in [0.3, 0.4) is 0 Å². The van der Waals surface area contributed by atoms with Crippen molar-refractivity contribution < 1.29 is 44.7 Å². The highest BCUT2D eigenvalue weighted by atomic mass is 19.3. The van der Waals surface area contributed by atoms with Gasteiger partial charge in [-0.25, -0.2) is 46.3 Å². The second-order valence-electron chi connectivity index (χ2n) is 12.5. The van der Waals surface area contributed by atoms with Crippen LogP contribution in [0.4, 0.5) is 35.1 Å². The van der Waals surface area contributed by atoms with Crippen molar-refractivity contribution in [3.8, 4) is 23.0 Å². The minimum atomic E-state index is -4.08. The van der Waals surface area contributed by atoms with Crippen molar-refractivity contribution in [3.05, 3.63) is 124 Å². The predicted molar refractivity (Wildman–Crippen MR) is 172 cm³/mol. The van der Waals surface area contributed by atoms with E-state index in [4.69, 9.17) is 0 Å². The predicted octanol–water partition coefficient (Wildman–Crippen LogP) is 6.07. The minimum Gasteiger partial charge on any atom is -0.348 e. The van der Waals surface area contributed by atoms with Crippen molar-refractivity contribution >= 4 is 11.8 Å². The van der Waals surface area contributed by atoms with E-state index in [0.29, 0.717) is 28.3 Å². The summed E-state index contributed by atoms with van der Waals surface area (Å²) < 4.78 is 117. The minimum absolute atomic E-state index is 0.00704. The molecule has 276 valence electrons. The quantitative estimate of drug-likeness (QED) is 0.146. The fraction of sp³-hybridized carbons (Fsp3) is 0.250. The van der Waals surface area contributed by atoms with Crippen molar-refractivity contribution in [1.29, 1.82) is 0 Å². The SMILES string of the molecule is O=C(Cn1nc(C(F)F)c2c1C(F)(F)CCC2(F)F)N[C@@H](Cc1cc(F)cc(F)c1)c1nc(C#Cc2cncnc2)ncc1-c1ccc2c(c1)C(=O)NC2. The number of carbonyl (C=O) groups is 2. The lowest BCUT2D eigenvalue weighted by Crippen LogP contribution is -2.37. The lowest BCUT2D eigenvalue weighted by atomic mass is 9.89. The van der Waals surface area contributed by atoms with E-state index in [-0.39, 0.29) is 39.8 Å². The Bertz CT molecular complexity index is 2340. The molecule has 4 heterocycles. The molecule has 0 saturated carbocycles. The zero-order chi connectivity index (χ0) is 38.4. The maximum Gasteiger partial charge on any atom is 0.290 e. The van der Waals surface area contributed by atoms with Crippen LogP contribution in [-0.4, -0.2) is 41.5 Å². The molecule has 18 heteroatoms. The van der Waals surface area contributed by atoms with Crippen molar-refractivity contribution in [2.75, 3.05) is 0 Å². The van der Waals surface area contributed by atoms with E-state index in [2.05, 4.69) is 47.5 Å². The molecule has 0 fully saturated rings. The number of aromatic nitrogens is 6. The first-order valence-corrected chi connectivity index (χ1v) is 16.1. The smallest absolute Gasteiger partial charge is 0.290 e. The molecule has 0 bridgehead atoms. The fourth-order valence-corrected chi connectivity index (χ4v) is 6.41. The average Bonchev–Trinajstić information content (AvgIpc) is 3.71. The van der Waals surface area contributed by atoms with E-state index in [1.54, 1.807) is 12.1 Å². The molecule has 3 aromatic heterocycles. The molecular formula is C36H24F8N8O2. The molecule has 54 heavy (non-hydrogen) atoms. The molecule has 0 spiro atoms. The van der Waals surface area contributed by atoms with Crippen LogP contribution in [0.25, 0.3) is 11.1 Å². The monoisotopic (exact) mass is 752 g/mol. The number of amides is 2. The van der Waals surface area contributed by atoms with Gasteiger partial charge in [-0.1, -0.05) is 18.1 Å². The summed E-state index contributed by atoms with van der Waals surface area (Å²) in [6.45, 7) is -0.955. The van der Waals surface area contributed by atoms with Crippen molar-refractivity contribution in [2.24, 2.45) is 0 Å². The van der Waals surface area contributed by atoms with E-state index in [0.717, 1.165) is 12.1 Å². The maximum atomic E-state index is 15.1. The van der Waals surface area contributed by atoms with Crippen molar-refractivity contribution in [1.82, 2.24) is 40.3 Å². The van der Waals surface area contributed by atoms with E-state index in [1.807, 2.05) is 0 Å². The lowest BCUT2D eigenvalue weighted by molar-refractivity contribution is -0.123. The molecule has 2 N–H and O–H groups in total. The molecule has 0 unspecified atom stereocenters. The number of nitrogens with zero attached hydrogens (tertiary/aromatic N) is 6. The van der Waals surface area contributed by atoms with Gasteiger partial charge in [0.1, 0.15) is 35.9 Å². The Morgan fingerprint density at radius 1 is 0.926 bits per heavy atom. The molecular weight excluding hydrogens is 728 g/mol. The fourth-order valence-electron chi connectivity index (χ4n) is 6.41. The number of rotatable bonds is 8. The topological polar surface area (TPSA) is 128 Å². The largest absolute Gasteiger partial charge is 0.348 e. The van der Waals surface area contributed by atoms with Gasteiger partial charge >= 0.3 is 0 Å². The highest BCUT2D eigenvalue weighted by Gasteiger charge is 2.55. The van der Waals surface area contributed by atoms with E-state index in [1.165, 1.54) is 31.0 Å². The summed E-state index contributed by atoms with van der Waals surface area (Å²) in [5.74, 6) is -6.20. The Labute approximate surface area is 300 Å². The summed E-state index contributed by atoms with van der Waals surface area (Å²) in [6.07, 6.45) is -1.43. The summed E-state index contributed by atoms with van der Waals surface area (Å²) in [4.78, 5) is 42.9. The lowest BCUT2D eigenvalue weighted by Gasteiger charge is -2.29. The number of alkyl halides is 6. The molecule has 2 aromatic carbocycles. The van der Waals surface area contributed by atoms with Crippen LogP contribution in [0, 0.1) is 23.5 Å². The van der Waals surface area contributed by atoms with Gasteiger partial charge in [0.2, 0.25) is 11.7 Å². The van der Waals surface area contributed by atoms with Crippen molar-refractivity contribution in [2.45, 2.75) is 56.7 Å². The standard InChI is InChI=1S/C36H24F8N8O2/c37-22-7-19(8-23(38)11-22)9-26(49-28(53)16-52-32-29(31(51-52)33(39)40)35(41,42)5-6-36(32,43)44)30-25(20-2-3-21-14-48-34(54)24(21)10-20)15-47-27(50-30)4-1-18-12-45-17-46-13-18/h2-3,7-8,10-13,15,17,26,33H,5-6,9,14,16H2,(H,48,54)(H,49,53)/t26-/m0/s1. The van der Waals surface area contributed by atoms with E-state index < -0.39 is 84.6 Å². The van der Waals surface area contributed by atoms with Gasteiger partial charge in [-0.3, -0.25) is 14.3 Å². The summed E-state index contributed by atoms with van der Waals surface area (Å²) in [5.41, 5.74) is -2.81. The Hall–Kier alpha value is -6.25. The second-order valence-corrected chi connectivity index (χ2v) is 12.5. The Balaban J connectivity index is 1.34. The summed E-state index contributed by atoms with van der Waals surface area (Å²) in [7, 11) is 0. The van der Waals surface area contributed by atoms with Gasteiger partial charge in [0, 0.05) is 55.2 Å². The molecule has 5 aromatic rings. The number of halogens is 8. The molecule has 0 saturated heterocycles. The van der Waals surface area contributed by atoms with Gasteiger partial charge in [-0.2, -0.15) is 13.9 Å². The number of carbonyl (C=O) groups excluding carboxylic acids is 2. The first-order chi connectivity index (χ1) is 25.7. The molecule has 2 amide bonds. The number of benzene rings is 2. The Morgan fingerprint density at radius 2 is 1.65 bits per heavy atom. The van der Waals surface area contributed by atoms with Crippen LogP contribution in [0.5, 0.6) is 0 Å². The van der Waals surface area contributed by atoms with Crippen LogP contribution < -0.4 is 10.6 Å². The molecule has 10 nitrogen and oxygen atoms in total. The average molecular weight is 753 g/mol. The summed E-state index contributed by atoms with van der Waals surface area (Å²) >= 11 is 0. The van der Waals surface area contributed by atoms with Crippen molar-refractivity contribution in [3.63, 3.8) is 0 Å². The number of hydrogen-bond acceptors (Lipinski definition) is 7. The third-order valence-electron chi connectivity index (χ3n) is 8.77. The Kier molecular flexibility index (Phi) is 9.33. The second kappa shape index (κ2) is 14.0. The first-order valence-electron chi connectivity index (χ1n) is 16.1. The molecule has 1 aliphatic carbocycles. The van der Waals surface area contributed by atoms with E-state index in [9.17, 15) is 35.9 Å². The Morgan fingerprint density at radius 3 is 2.37 bits per heavy atom. The van der Waals surface area contributed by atoms with Gasteiger partial charge in [-0.15, -0.1) is 0 Å². The number of fused-ring (bicyclic) bond motifs is 2. The third kappa shape index (κ3) is 7.21. The van der Waals surface area contributed by atoms with Gasteiger partial charge in [0.05, 0.1) is 22.9 Å². The van der Waals surface area contributed by atoms with E-state index >= 15 is 8.78 Å². The van der Waals surface area contributed by atoms with Crippen LogP contribution in [0.1, 0.15) is 80.8 Å². The van der Waals surface area contributed by atoms with Crippen LogP contribution in [-0.2, 0) is 36.1 Å². The normalized spacial score (nSPS) is 15.8. The van der Waals surface area contributed by atoms with Gasteiger partial charge in [0.15, 0.2) is 0 Å². The third-order valence-corrected chi connectivity index (χ3v) is 8.77. The highest BCUT2D eigenvalue weighted by molar-refractivity contribution is 5.99. The molecule has 0 radical (unpaired) electrons. The maximum absolute atomic E-state index is 15.1. The van der Waals surface area contributed by atoms with Gasteiger partial charge in [0.25, 0.3) is 24.2 Å². The molecule has 1 atom stereocenters. The zero-order valence-corrected chi connectivity index (χ0v) is 27.5. The zero-order valence-electron chi connectivity index (χ0n) is 27.5. The highest BCUT2D eigenvalue weighted by Crippen LogP contribution is 2.52. The van der Waals surface area contributed by atoms with Crippen LogP contribution >= 0.6 is 0 Å². The van der Waals surface area contributed by atoms with Gasteiger partial charge < -0.3 is 10.6 Å². The number of hydrogen-bond donors (Lipinski definition) is 2.